The SMILES string of the molecule is CCOC(=O)N1CCN(C(=O)c2nc3c4c5c(sc4nc(C)n3n2)COC(C)(C)C5)CC1. The van der Waals surface area contributed by atoms with E-state index in [-0.39, 0.29) is 23.4 Å². The lowest BCUT2D eigenvalue weighted by molar-refractivity contribution is -0.0379. The molecule has 1 saturated heterocycles. The molecule has 0 spiro atoms. The third-order valence-electron chi connectivity index (χ3n) is 5.95. The summed E-state index contributed by atoms with van der Waals surface area (Å²) in [5.41, 5.74) is 1.59. The second-order valence-corrected chi connectivity index (χ2v) is 9.80. The molecule has 32 heavy (non-hydrogen) atoms. The Bertz CT molecular complexity index is 1220. The number of rotatable bonds is 2. The standard InChI is InChI=1S/C21H26N6O4S/c1-5-30-20(29)26-8-6-25(7-9-26)19(28)16-23-17-15-13-10-21(3,4)31-11-14(13)32-18(15)22-12(2)27(17)24-16/h5-11H2,1-4H3. The smallest absolute Gasteiger partial charge is 0.409 e. The number of nitrogens with zero attached hydrogens (tertiary/aromatic N) is 6. The minimum atomic E-state index is -0.344. The van der Waals surface area contributed by atoms with Crippen molar-refractivity contribution in [3.8, 4) is 0 Å². The van der Waals surface area contributed by atoms with Crippen molar-refractivity contribution >= 4 is 39.2 Å². The molecule has 2 amide bonds. The highest BCUT2D eigenvalue weighted by molar-refractivity contribution is 7.19. The summed E-state index contributed by atoms with van der Waals surface area (Å²) in [4.78, 5) is 39.8. The number of thiophene rings is 1. The minimum Gasteiger partial charge on any atom is -0.450 e. The normalized spacial score (nSPS) is 18.2. The minimum absolute atomic E-state index is 0.151. The summed E-state index contributed by atoms with van der Waals surface area (Å²) in [6, 6.07) is 0. The van der Waals surface area contributed by atoms with Crippen molar-refractivity contribution in [3.63, 3.8) is 0 Å². The zero-order valence-electron chi connectivity index (χ0n) is 18.7. The van der Waals surface area contributed by atoms with Gasteiger partial charge in [0.25, 0.3) is 5.91 Å². The molecule has 11 heteroatoms. The molecule has 5 heterocycles. The maximum Gasteiger partial charge on any atom is 0.409 e. The first-order chi connectivity index (χ1) is 15.3. The van der Waals surface area contributed by atoms with Crippen LogP contribution in [-0.4, -0.2) is 79.8 Å². The fourth-order valence-electron chi connectivity index (χ4n) is 4.28. The zero-order valence-corrected chi connectivity index (χ0v) is 19.5. The molecule has 2 aliphatic heterocycles. The second-order valence-electron chi connectivity index (χ2n) is 8.72. The van der Waals surface area contributed by atoms with Gasteiger partial charge in [-0.15, -0.1) is 16.4 Å². The van der Waals surface area contributed by atoms with Crippen LogP contribution in [0.5, 0.6) is 0 Å². The average Bonchev–Trinajstić information content (AvgIpc) is 3.34. The van der Waals surface area contributed by atoms with Crippen molar-refractivity contribution in [3.05, 3.63) is 22.1 Å². The van der Waals surface area contributed by atoms with Crippen LogP contribution in [0.25, 0.3) is 15.9 Å². The number of carbonyl (C=O) groups is 2. The molecule has 10 nitrogen and oxygen atoms in total. The maximum atomic E-state index is 13.2. The Hall–Kier alpha value is -2.79. The van der Waals surface area contributed by atoms with E-state index in [2.05, 4.69) is 23.9 Å². The van der Waals surface area contributed by atoms with Gasteiger partial charge in [0.05, 0.1) is 24.2 Å². The van der Waals surface area contributed by atoms with E-state index in [0.717, 1.165) is 21.5 Å². The highest BCUT2D eigenvalue weighted by Crippen LogP contribution is 2.39. The van der Waals surface area contributed by atoms with Crippen LogP contribution < -0.4 is 0 Å². The van der Waals surface area contributed by atoms with Gasteiger partial charge in [0, 0.05) is 37.5 Å². The number of fused-ring (bicyclic) bond motifs is 5. The molecule has 5 rings (SSSR count). The van der Waals surface area contributed by atoms with Crippen LogP contribution in [0.4, 0.5) is 4.79 Å². The first-order valence-electron chi connectivity index (χ1n) is 10.8. The van der Waals surface area contributed by atoms with Gasteiger partial charge in [-0.2, -0.15) is 4.52 Å². The molecule has 2 aliphatic rings. The van der Waals surface area contributed by atoms with Crippen molar-refractivity contribution in [2.75, 3.05) is 32.8 Å². The third kappa shape index (κ3) is 3.49. The molecule has 0 aromatic carbocycles. The molecule has 0 bridgehead atoms. The van der Waals surface area contributed by atoms with E-state index in [9.17, 15) is 9.59 Å². The predicted molar refractivity (Wildman–Crippen MR) is 118 cm³/mol. The maximum absolute atomic E-state index is 13.2. The summed E-state index contributed by atoms with van der Waals surface area (Å²) in [5, 5.41) is 5.47. The largest absolute Gasteiger partial charge is 0.450 e. The van der Waals surface area contributed by atoms with Crippen molar-refractivity contribution in [2.24, 2.45) is 0 Å². The van der Waals surface area contributed by atoms with Crippen LogP contribution in [0, 0.1) is 6.92 Å². The number of aromatic nitrogens is 4. The summed E-state index contributed by atoms with van der Waals surface area (Å²) in [6.45, 7) is 10.4. The number of carbonyl (C=O) groups excluding carboxylic acids is 2. The lowest BCUT2D eigenvalue weighted by Gasteiger charge is -2.33. The quantitative estimate of drug-likeness (QED) is 0.581. The molecule has 0 atom stereocenters. The summed E-state index contributed by atoms with van der Waals surface area (Å²) < 4.78 is 12.7. The molecule has 1 fully saturated rings. The van der Waals surface area contributed by atoms with Crippen molar-refractivity contribution in [1.29, 1.82) is 0 Å². The van der Waals surface area contributed by atoms with Crippen LogP contribution in [-0.2, 0) is 22.5 Å². The molecule has 0 radical (unpaired) electrons. The van der Waals surface area contributed by atoms with Crippen LogP contribution in [0.15, 0.2) is 0 Å². The molecule has 0 aliphatic carbocycles. The van der Waals surface area contributed by atoms with Crippen LogP contribution in [0.3, 0.4) is 0 Å². The Kier molecular flexibility index (Phi) is 5.05. The van der Waals surface area contributed by atoms with E-state index >= 15 is 0 Å². The molecule has 3 aromatic heterocycles. The Morgan fingerprint density at radius 1 is 1.16 bits per heavy atom. The zero-order chi connectivity index (χ0) is 22.6. The van der Waals surface area contributed by atoms with Gasteiger partial charge < -0.3 is 19.3 Å². The van der Waals surface area contributed by atoms with Crippen molar-refractivity contribution < 1.29 is 19.1 Å². The first kappa shape index (κ1) is 21.1. The van der Waals surface area contributed by atoms with Gasteiger partial charge >= 0.3 is 6.09 Å². The number of ether oxygens (including phenoxy) is 2. The molecule has 0 unspecified atom stereocenters. The summed E-state index contributed by atoms with van der Waals surface area (Å²) >= 11 is 1.62. The highest BCUT2D eigenvalue weighted by atomic mass is 32.1. The van der Waals surface area contributed by atoms with Crippen molar-refractivity contribution in [2.45, 2.75) is 46.3 Å². The van der Waals surface area contributed by atoms with E-state index in [1.54, 1.807) is 32.6 Å². The summed E-state index contributed by atoms with van der Waals surface area (Å²) in [6.07, 6.45) is 0.415. The number of hydrogen-bond donors (Lipinski definition) is 0. The van der Waals surface area contributed by atoms with E-state index in [1.807, 2.05) is 6.92 Å². The Morgan fingerprint density at radius 3 is 2.59 bits per heavy atom. The van der Waals surface area contributed by atoms with E-state index in [0.29, 0.717) is 50.9 Å². The van der Waals surface area contributed by atoms with Gasteiger partial charge in [-0.3, -0.25) is 4.79 Å². The fourth-order valence-corrected chi connectivity index (χ4v) is 5.42. The van der Waals surface area contributed by atoms with Gasteiger partial charge in [0.2, 0.25) is 5.82 Å². The fraction of sp³-hybridized carbons (Fsp3) is 0.571. The molecule has 3 aromatic rings. The summed E-state index contributed by atoms with van der Waals surface area (Å²) in [7, 11) is 0. The highest BCUT2D eigenvalue weighted by Gasteiger charge is 2.32. The first-order valence-corrected chi connectivity index (χ1v) is 11.6. The Labute approximate surface area is 189 Å². The molecular weight excluding hydrogens is 432 g/mol. The van der Waals surface area contributed by atoms with Gasteiger partial charge in [-0.05, 0) is 33.3 Å². The van der Waals surface area contributed by atoms with Gasteiger partial charge in [-0.25, -0.2) is 14.8 Å². The predicted octanol–water partition coefficient (Wildman–Crippen LogP) is 2.41. The number of amides is 2. The Balaban J connectivity index is 1.47. The second kappa shape index (κ2) is 7.66. The van der Waals surface area contributed by atoms with Crippen LogP contribution in [0.2, 0.25) is 0 Å². The van der Waals surface area contributed by atoms with Crippen LogP contribution >= 0.6 is 11.3 Å². The number of aryl methyl sites for hydroxylation is 1. The molecule has 0 saturated carbocycles. The van der Waals surface area contributed by atoms with Gasteiger partial charge in [0.15, 0.2) is 5.65 Å². The monoisotopic (exact) mass is 458 g/mol. The summed E-state index contributed by atoms with van der Waals surface area (Å²) in [5.74, 6) is 0.598. The molecular formula is C21H26N6O4S. The third-order valence-corrected chi connectivity index (χ3v) is 7.05. The van der Waals surface area contributed by atoms with Gasteiger partial charge in [-0.1, -0.05) is 0 Å². The average molecular weight is 459 g/mol. The molecule has 170 valence electrons. The van der Waals surface area contributed by atoms with E-state index < -0.39 is 0 Å². The van der Waals surface area contributed by atoms with Crippen LogP contribution in [0.1, 0.15) is 47.7 Å². The van der Waals surface area contributed by atoms with Gasteiger partial charge in [0.1, 0.15) is 10.7 Å². The van der Waals surface area contributed by atoms with E-state index in [4.69, 9.17) is 14.5 Å². The Morgan fingerprint density at radius 2 is 1.88 bits per heavy atom. The topological polar surface area (TPSA) is 102 Å². The number of hydrogen-bond acceptors (Lipinski definition) is 8. The lowest BCUT2D eigenvalue weighted by atomic mass is 9.94. The lowest BCUT2D eigenvalue weighted by Crippen LogP contribution is -2.50. The molecule has 0 N–H and O–H groups in total. The van der Waals surface area contributed by atoms with Crippen molar-refractivity contribution in [1.82, 2.24) is 29.4 Å². The van der Waals surface area contributed by atoms with E-state index in [1.165, 1.54) is 5.56 Å². The number of piperazine rings is 1.